The molecule has 1 N–H and O–H groups in total. The molecule has 0 bridgehead atoms. The fourth-order valence-electron chi connectivity index (χ4n) is 1.55. The summed E-state index contributed by atoms with van der Waals surface area (Å²) in [6.45, 7) is 1.79. The molecule has 0 fully saturated rings. The molecular weight excluding hydrogens is 283 g/mol. The van der Waals surface area contributed by atoms with Gasteiger partial charge in [-0.15, -0.1) is 0 Å². The molecule has 0 spiro atoms. The number of nitrogens with zero attached hydrogens (tertiary/aromatic N) is 1. The lowest BCUT2D eigenvalue weighted by atomic mass is 10.3. The van der Waals surface area contributed by atoms with Crippen LogP contribution in [0.5, 0.6) is 5.75 Å². The molecule has 0 aliphatic heterocycles. The number of ether oxygens (including phenoxy) is 1. The number of pyridine rings is 1. The Kier molecular flexibility index (Phi) is 3.89. The van der Waals surface area contributed by atoms with Crippen LogP contribution < -0.4 is 9.46 Å². The van der Waals surface area contributed by atoms with Gasteiger partial charge in [-0.3, -0.25) is 9.71 Å². The van der Waals surface area contributed by atoms with Crippen LogP contribution in [-0.4, -0.2) is 20.5 Å². The minimum atomic E-state index is -3.81. The van der Waals surface area contributed by atoms with Gasteiger partial charge in [0.2, 0.25) is 0 Å². The first-order chi connectivity index (χ1) is 9.42. The summed E-state index contributed by atoms with van der Waals surface area (Å²) in [5.74, 6) is -0.752. The van der Waals surface area contributed by atoms with Gasteiger partial charge < -0.3 is 4.74 Å². The van der Waals surface area contributed by atoms with Crippen molar-refractivity contribution in [2.45, 2.75) is 11.8 Å². The molecule has 106 valence electrons. The lowest BCUT2D eigenvalue weighted by Gasteiger charge is -2.09. The fourth-order valence-corrected chi connectivity index (χ4v) is 2.61. The van der Waals surface area contributed by atoms with Gasteiger partial charge in [-0.25, -0.2) is 12.8 Å². The summed E-state index contributed by atoms with van der Waals surface area (Å²) in [6, 6.07) is 6.62. The SMILES string of the molecule is COc1cc(S(=O)(=O)Nc2ccc(C)nc2)ccc1F. The van der Waals surface area contributed by atoms with Crippen molar-refractivity contribution >= 4 is 15.7 Å². The molecule has 0 aliphatic carbocycles. The maximum atomic E-state index is 13.3. The number of aryl methyl sites for hydroxylation is 1. The molecule has 0 aliphatic rings. The molecule has 2 rings (SSSR count). The average Bonchev–Trinajstić information content (AvgIpc) is 2.41. The number of anilines is 1. The molecule has 0 amide bonds. The number of benzene rings is 1. The van der Waals surface area contributed by atoms with Crippen molar-refractivity contribution < 1.29 is 17.5 Å². The van der Waals surface area contributed by atoms with Crippen LogP contribution in [0.15, 0.2) is 41.4 Å². The zero-order chi connectivity index (χ0) is 14.8. The van der Waals surface area contributed by atoms with Gasteiger partial charge in [0, 0.05) is 11.8 Å². The van der Waals surface area contributed by atoms with Gasteiger partial charge in [0.1, 0.15) is 0 Å². The van der Waals surface area contributed by atoms with E-state index in [4.69, 9.17) is 4.74 Å². The molecule has 0 saturated heterocycles. The first-order valence-electron chi connectivity index (χ1n) is 5.71. The maximum Gasteiger partial charge on any atom is 0.262 e. The topological polar surface area (TPSA) is 68.3 Å². The Hall–Kier alpha value is -2.15. The van der Waals surface area contributed by atoms with Gasteiger partial charge in [0.15, 0.2) is 11.6 Å². The molecule has 5 nitrogen and oxygen atoms in total. The molecular formula is C13H13FN2O3S. The second-order valence-corrected chi connectivity index (χ2v) is 5.77. The van der Waals surface area contributed by atoms with Gasteiger partial charge in [0.05, 0.1) is 23.9 Å². The van der Waals surface area contributed by atoms with Crippen LogP contribution in [0.25, 0.3) is 0 Å². The first-order valence-corrected chi connectivity index (χ1v) is 7.20. The van der Waals surface area contributed by atoms with Crippen molar-refractivity contribution in [3.8, 4) is 5.75 Å². The summed E-state index contributed by atoms with van der Waals surface area (Å²) >= 11 is 0. The predicted octanol–water partition coefficient (Wildman–Crippen LogP) is 2.34. The number of sulfonamides is 1. The van der Waals surface area contributed by atoms with Gasteiger partial charge in [0.25, 0.3) is 10.0 Å². The lowest BCUT2D eigenvalue weighted by molar-refractivity contribution is 0.385. The smallest absolute Gasteiger partial charge is 0.262 e. The van der Waals surface area contributed by atoms with E-state index in [0.717, 1.165) is 17.8 Å². The van der Waals surface area contributed by atoms with Crippen LogP contribution >= 0.6 is 0 Å². The van der Waals surface area contributed by atoms with Crippen LogP contribution in [-0.2, 0) is 10.0 Å². The lowest BCUT2D eigenvalue weighted by Crippen LogP contribution is -2.13. The fraction of sp³-hybridized carbons (Fsp3) is 0.154. The second kappa shape index (κ2) is 5.46. The molecule has 0 unspecified atom stereocenters. The molecule has 2 aromatic rings. The van der Waals surface area contributed by atoms with Gasteiger partial charge in [-0.1, -0.05) is 0 Å². The number of aromatic nitrogens is 1. The number of hydrogen-bond donors (Lipinski definition) is 1. The third kappa shape index (κ3) is 3.05. The maximum absolute atomic E-state index is 13.3. The Morgan fingerprint density at radius 3 is 2.60 bits per heavy atom. The number of hydrogen-bond acceptors (Lipinski definition) is 4. The van der Waals surface area contributed by atoms with Crippen molar-refractivity contribution in [1.82, 2.24) is 4.98 Å². The van der Waals surface area contributed by atoms with Crippen LogP contribution in [0.1, 0.15) is 5.69 Å². The molecule has 0 radical (unpaired) electrons. The largest absolute Gasteiger partial charge is 0.494 e. The van der Waals surface area contributed by atoms with Crippen LogP contribution in [0.3, 0.4) is 0 Å². The second-order valence-electron chi connectivity index (χ2n) is 4.09. The third-order valence-electron chi connectivity index (χ3n) is 2.60. The van der Waals surface area contributed by atoms with Crippen LogP contribution in [0, 0.1) is 12.7 Å². The highest BCUT2D eigenvalue weighted by molar-refractivity contribution is 7.92. The molecule has 20 heavy (non-hydrogen) atoms. The molecule has 1 aromatic carbocycles. The van der Waals surface area contributed by atoms with E-state index in [9.17, 15) is 12.8 Å². The van der Waals surface area contributed by atoms with E-state index in [1.54, 1.807) is 19.1 Å². The Labute approximate surface area is 116 Å². The van der Waals surface area contributed by atoms with E-state index in [2.05, 4.69) is 9.71 Å². The third-order valence-corrected chi connectivity index (χ3v) is 3.98. The Balaban J connectivity index is 2.33. The highest BCUT2D eigenvalue weighted by atomic mass is 32.2. The van der Waals surface area contributed by atoms with E-state index in [-0.39, 0.29) is 10.6 Å². The van der Waals surface area contributed by atoms with E-state index in [1.165, 1.54) is 19.4 Å². The zero-order valence-corrected chi connectivity index (χ0v) is 11.7. The highest BCUT2D eigenvalue weighted by Crippen LogP contribution is 2.23. The zero-order valence-electron chi connectivity index (χ0n) is 10.9. The number of methoxy groups -OCH3 is 1. The molecule has 1 aromatic heterocycles. The van der Waals surface area contributed by atoms with E-state index in [1.807, 2.05) is 0 Å². The minimum Gasteiger partial charge on any atom is -0.494 e. The molecule has 0 saturated carbocycles. The minimum absolute atomic E-state index is 0.0867. The highest BCUT2D eigenvalue weighted by Gasteiger charge is 2.17. The monoisotopic (exact) mass is 296 g/mol. The normalized spacial score (nSPS) is 11.2. The standard InChI is InChI=1S/C13H13FN2O3S/c1-9-3-4-10(8-15-9)16-20(17,18)11-5-6-12(14)13(7-11)19-2/h3-8,16H,1-2H3. The summed E-state index contributed by atoms with van der Waals surface area (Å²) in [6.07, 6.45) is 1.41. The van der Waals surface area contributed by atoms with Gasteiger partial charge in [-0.2, -0.15) is 0 Å². The van der Waals surface area contributed by atoms with Gasteiger partial charge in [-0.05, 0) is 31.2 Å². The number of rotatable bonds is 4. The summed E-state index contributed by atoms with van der Waals surface area (Å²) in [7, 11) is -2.54. The molecule has 0 atom stereocenters. The quantitative estimate of drug-likeness (QED) is 0.940. The first kappa shape index (κ1) is 14.3. The van der Waals surface area contributed by atoms with Crippen molar-refractivity contribution in [2.24, 2.45) is 0 Å². The van der Waals surface area contributed by atoms with Crippen molar-refractivity contribution in [3.63, 3.8) is 0 Å². The van der Waals surface area contributed by atoms with Gasteiger partial charge >= 0.3 is 0 Å². The van der Waals surface area contributed by atoms with Crippen LogP contribution in [0.2, 0.25) is 0 Å². The van der Waals surface area contributed by atoms with E-state index >= 15 is 0 Å². The van der Waals surface area contributed by atoms with Crippen molar-refractivity contribution in [3.05, 3.63) is 48.0 Å². The van der Waals surface area contributed by atoms with Crippen LogP contribution in [0.4, 0.5) is 10.1 Å². The Morgan fingerprint density at radius 1 is 1.25 bits per heavy atom. The Morgan fingerprint density at radius 2 is 2.00 bits per heavy atom. The molecule has 1 heterocycles. The van der Waals surface area contributed by atoms with Crippen molar-refractivity contribution in [2.75, 3.05) is 11.8 Å². The summed E-state index contributed by atoms with van der Waals surface area (Å²) in [4.78, 5) is 3.91. The number of nitrogens with one attached hydrogen (secondary N) is 1. The summed E-state index contributed by atoms with van der Waals surface area (Å²) < 4.78 is 44.7. The average molecular weight is 296 g/mol. The Bertz CT molecular complexity index is 715. The summed E-state index contributed by atoms with van der Waals surface area (Å²) in [5, 5.41) is 0. The van der Waals surface area contributed by atoms with Crippen molar-refractivity contribution in [1.29, 1.82) is 0 Å². The van der Waals surface area contributed by atoms with E-state index < -0.39 is 15.8 Å². The van der Waals surface area contributed by atoms with E-state index in [0.29, 0.717) is 5.69 Å². The summed E-state index contributed by atoms with van der Waals surface area (Å²) in [5.41, 5.74) is 1.11. The number of halogens is 1. The predicted molar refractivity (Wildman–Crippen MR) is 72.7 cm³/mol. The molecule has 7 heteroatoms.